The molecule has 3 aromatic carbocycles. The van der Waals surface area contributed by atoms with Crippen molar-refractivity contribution in [3.05, 3.63) is 107 Å². The molecule has 0 fully saturated rings. The Bertz CT molecular complexity index is 1350. The van der Waals surface area contributed by atoms with Gasteiger partial charge in [0.25, 0.3) is 0 Å². The van der Waals surface area contributed by atoms with E-state index in [0.717, 1.165) is 62.8 Å². The van der Waals surface area contributed by atoms with Crippen molar-refractivity contribution in [2.75, 3.05) is 13.1 Å². The fourth-order valence-corrected chi connectivity index (χ4v) is 6.12. The van der Waals surface area contributed by atoms with E-state index in [0.29, 0.717) is 30.0 Å². The number of amides is 2. The molecule has 3 aromatic rings. The highest BCUT2D eigenvalue weighted by molar-refractivity contribution is 5.85. The summed E-state index contributed by atoms with van der Waals surface area (Å²) in [6.07, 6.45) is 9.16. The maximum absolute atomic E-state index is 11.0. The van der Waals surface area contributed by atoms with E-state index in [2.05, 4.69) is 105 Å². The summed E-state index contributed by atoms with van der Waals surface area (Å²) in [5.41, 5.74) is 4.82. The molecule has 47 heavy (non-hydrogen) atoms. The average molecular weight is 643 g/mol. The highest BCUT2D eigenvalue weighted by atomic mass is 16.5. The molecular weight excluding hydrogens is 588 g/mol. The van der Waals surface area contributed by atoms with Crippen LogP contribution in [0.5, 0.6) is 5.75 Å². The fraction of sp³-hybridized carbons (Fsp3) is 0.450. The maximum atomic E-state index is 11.0. The molecule has 0 aliphatic carbocycles. The normalized spacial score (nSPS) is 12.2. The van der Waals surface area contributed by atoms with Crippen molar-refractivity contribution in [1.82, 2.24) is 9.80 Å². The van der Waals surface area contributed by atoms with Gasteiger partial charge in [-0.1, -0.05) is 105 Å². The smallest absolute Gasteiger partial charge is 0.416 e. The van der Waals surface area contributed by atoms with Crippen molar-refractivity contribution >= 4 is 18.3 Å². The predicted octanol–water partition coefficient (Wildman–Crippen LogP) is 10.3. The molecular formula is C40H54N2O5. The lowest BCUT2D eigenvalue weighted by Crippen LogP contribution is -2.38. The molecule has 0 saturated heterocycles. The largest absolute Gasteiger partial charge is 0.489 e. The molecule has 0 radical (unpaired) electrons. The van der Waals surface area contributed by atoms with Crippen molar-refractivity contribution in [2.45, 2.75) is 104 Å². The highest BCUT2D eigenvalue weighted by Crippen LogP contribution is 2.36. The van der Waals surface area contributed by atoms with Crippen LogP contribution in [-0.2, 0) is 6.61 Å². The molecule has 254 valence electrons. The summed E-state index contributed by atoms with van der Waals surface area (Å²) >= 11 is 0. The minimum Gasteiger partial charge on any atom is -0.489 e. The van der Waals surface area contributed by atoms with Crippen LogP contribution in [0.1, 0.15) is 107 Å². The van der Waals surface area contributed by atoms with Crippen LogP contribution >= 0.6 is 0 Å². The number of unbranched alkanes of at least 4 members (excludes halogenated alkanes) is 6. The number of nitrogens with zero attached hydrogens (tertiary/aromatic N) is 2. The molecule has 1 atom stereocenters. The van der Waals surface area contributed by atoms with E-state index in [9.17, 15) is 9.59 Å². The third-order valence-corrected chi connectivity index (χ3v) is 8.63. The number of carboxylic acid groups (broad SMARTS) is 2. The summed E-state index contributed by atoms with van der Waals surface area (Å²) in [5, 5.41) is 17.9. The topological polar surface area (TPSA) is 90.3 Å². The lowest BCUT2D eigenvalue weighted by atomic mass is 9.86. The Balaban J connectivity index is 1.68. The predicted molar refractivity (Wildman–Crippen MR) is 191 cm³/mol. The molecule has 3 rings (SSSR count). The second kappa shape index (κ2) is 20.2. The minimum absolute atomic E-state index is 0.0321. The molecule has 7 nitrogen and oxygen atoms in total. The van der Waals surface area contributed by atoms with Crippen LogP contribution < -0.4 is 4.74 Å². The van der Waals surface area contributed by atoms with E-state index in [1.165, 1.54) is 16.7 Å². The minimum atomic E-state index is -1.41. The Morgan fingerprint density at radius 2 is 1.34 bits per heavy atom. The van der Waals surface area contributed by atoms with Gasteiger partial charge in [0.05, 0.1) is 0 Å². The summed E-state index contributed by atoms with van der Waals surface area (Å²) in [6, 6.07) is 28.6. The molecule has 0 spiro atoms. The van der Waals surface area contributed by atoms with Gasteiger partial charge in [0.15, 0.2) is 0 Å². The molecule has 2 amide bonds. The lowest BCUT2D eigenvalue weighted by molar-refractivity contribution is 0.122. The molecule has 2 N–H and O–H groups in total. The van der Waals surface area contributed by atoms with Gasteiger partial charge in [0, 0.05) is 30.1 Å². The van der Waals surface area contributed by atoms with Crippen LogP contribution in [-0.4, -0.2) is 57.4 Å². The van der Waals surface area contributed by atoms with Crippen molar-refractivity contribution in [3.8, 4) is 5.75 Å². The second-order valence-corrected chi connectivity index (χ2v) is 12.8. The van der Waals surface area contributed by atoms with Crippen molar-refractivity contribution < 1.29 is 24.5 Å². The second-order valence-electron chi connectivity index (χ2n) is 12.8. The number of carbonyl (C=O) groups is 2. The van der Waals surface area contributed by atoms with Gasteiger partial charge in [-0.25, -0.2) is 14.5 Å². The standard InChI is InChI=1S/C40H54N2O5/c1-31(2)41(32(3)4)28-26-36(35-22-16-12-17-23-35)37-29-33(24-25-38(37)47-30-34-20-14-11-15-21-34)19-13-9-7-5-6-8-10-18-27-42(39(43)44)40(45)46/h11-17,19-25,29,31-32,36H,5-10,18,26-28,30H2,1-4H3,(H,43,44)(H,45,46)/b19-13+/t36-/m1/s1. The highest BCUT2D eigenvalue weighted by Gasteiger charge is 2.22. The van der Waals surface area contributed by atoms with Gasteiger partial charge in [-0.2, -0.15) is 0 Å². The summed E-state index contributed by atoms with van der Waals surface area (Å²) in [6.45, 7) is 10.6. The number of hydrogen-bond acceptors (Lipinski definition) is 4. The van der Waals surface area contributed by atoms with Gasteiger partial charge < -0.3 is 14.9 Å². The van der Waals surface area contributed by atoms with Crippen LogP contribution in [0.4, 0.5) is 9.59 Å². The van der Waals surface area contributed by atoms with Crippen molar-refractivity contribution in [1.29, 1.82) is 0 Å². The summed E-state index contributed by atoms with van der Waals surface area (Å²) in [4.78, 5) is 24.9. The first-order valence-electron chi connectivity index (χ1n) is 17.2. The molecule has 0 aliphatic heterocycles. The van der Waals surface area contributed by atoms with E-state index in [1.54, 1.807) is 0 Å². The third kappa shape index (κ3) is 12.9. The van der Waals surface area contributed by atoms with Crippen LogP contribution in [0.15, 0.2) is 84.9 Å². The van der Waals surface area contributed by atoms with Gasteiger partial charge in [-0.3, -0.25) is 4.90 Å². The Labute approximate surface area is 281 Å². The van der Waals surface area contributed by atoms with Crippen LogP contribution in [0.3, 0.4) is 0 Å². The Morgan fingerprint density at radius 1 is 0.745 bits per heavy atom. The van der Waals surface area contributed by atoms with Gasteiger partial charge >= 0.3 is 12.2 Å². The first-order chi connectivity index (χ1) is 22.7. The van der Waals surface area contributed by atoms with Crippen molar-refractivity contribution in [2.24, 2.45) is 0 Å². The molecule has 0 heterocycles. The van der Waals surface area contributed by atoms with Gasteiger partial charge in [0.1, 0.15) is 12.4 Å². The zero-order chi connectivity index (χ0) is 34.0. The third-order valence-electron chi connectivity index (χ3n) is 8.63. The Kier molecular flexibility index (Phi) is 16.1. The van der Waals surface area contributed by atoms with Crippen LogP contribution in [0.25, 0.3) is 6.08 Å². The van der Waals surface area contributed by atoms with E-state index >= 15 is 0 Å². The number of rotatable bonds is 20. The number of hydrogen-bond donors (Lipinski definition) is 2. The van der Waals surface area contributed by atoms with E-state index in [-0.39, 0.29) is 12.5 Å². The van der Waals surface area contributed by atoms with Crippen LogP contribution in [0, 0.1) is 0 Å². The molecule has 0 aliphatic rings. The van der Waals surface area contributed by atoms with Crippen molar-refractivity contribution in [3.63, 3.8) is 0 Å². The quantitative estimate of drug-likeness (QED) is 0.119. The first-order valence-corrected chi connectivity index (χ1v) is 17.2. The average Bonchev–Trinajstić information content (AvgIpc) is 3.05. The van der Waals surface area contributed by atoms with Crippen LogP contribution in [0.2, 0.25) is 0 Å². The lowest BCUT2D eigenvalue weighted by Gasteiger charge is -2.32. The maximum Gasteiger partial charge on any atom is 0.416 e. The zero-order valence-electron chi connectivity index (χ0n) is 28.7. The molecule has 0 aromatic heterocycles. The molecule has 0 saturated carbocycles. The first kappa shape index (κ1) is 37.4. The van der Waals surface area contributed by atoms with E-state index in [4.69, 9.17) is 14.9 Å². The molecule has 7 heteroatoms. The molecule has 0 unspecified atom stereocenters. The monoisotopic (exact) mass is 642 g/mol. The summed E-state index contributed by atoms with van der Waals surface area (Å²) in [5.74, 6) is 1.11. The van der Waals surface area contributed by atoms with Gasteiger partial charge in [-0.15, -0.1) is 0 Å². The zero-order valence-corrected chi connectivity index (χ0v) is 28.7. The molecule has 0 bridgehead atoms. The number of imide groups is 1. The number of allylic oxidation sites excluding steroid dienone is 1. The Hall–Kier alpha value is -4.10. The summed E-state index contributed by atoms with van der Waals surface area (Å²) < 4.78 is 6.52. The summed E-state index contributed by atoms with van der Waals surface area (Å²) in [7, 11) is 0. The SMILES string of the molecule is CC(C)N(CC[C@H](c1ccccc1)c1cc(/C=C/CCCCCCCCN(C(=O)O)C(=O)O)ccc1OCc1ccccc1)C(C)C. The fourth-order valence-electron chi connectivity index (χ4n) is 6.12. The number of ether oxygens (including phenoxy) is 1. The Morgan fingerprint density at radius 3 is 1.96 bits per heavy atom. The van der Waals surface area contributed by atoms with Gasteiger partial charge in [0.2, 0.25) is 0 Å². The number of benzene rings is 3. The van der Waals surface area contributed by atoms with Gasteiger partial charge in [-0.05, 0) is 88.7 Å². The van der Waals surface area contributed by atoms with E-state index < -0.39 is 12.2 Å². The van der Waals surface area contributed by atoms with E-state index in [1.807, 2.05) is 18.2 Å².